The number of carbonyl (C=O) groups excluding carboxylic acids is 4. The Kier molecular flexibility index (Phi) is 5.70. The van der Waals surface area contributed by atoms with Gasteiger partial charge in [-0.1, -0.05) is 17.7 Å². The number of carbonyl (C=O) groups is 4. The van der Waals surface area contributed by atoms with Gasteiger partial charge in [0.1, 0.15) is 6.04 Å². The molecule has 2 aliphatic heterocycles. The third-order valence-electron chi connectivity index (χ3n) is 4.66. The van der Waals surface area contributed by atoms with Crippen LogP contribution in [-0.2, 0) is 14.4 Å². The van der Waals surface area contributed by atoms with Gasteiger partial charge in [0, 0.05) is 31.9 Å². The number of rotatable bonds is 5. The van der Waals surface area contributed by atoms with Crippen molar-refractivity contribution in [2.24, 2.45) is 0 Å². The maximum absolute atomic E-state index is 12.3. The number of nitrogens with zero attached hydrogens (tertiary/aromatic N) is 2. The highest BCUT2D eigenvalue weighted by molar-refractivity contribution is 6.05. The van der Waals surface area contributed by atoms with Crippen LogP contribution in [0.5, 0.6) is 0 Å². The number of amides is 5. The van der Waals surface area contributed by atoms with E-state index in [1.165, 1.54) is 0 Å². The van der Waals surface area contributed by atoms with Gasteiger partial charge < -0.3 is 15.5 Å². The van der Waals surface area contributed by atoms with Gasteiger partial charge in [-0.3, -0.25) is 24.6 Å². The van der Waals surface area contributed by atoms with Crippen molar-refractivity contribution in [1.29, 1.82) is 0 Å². The molecule has 3 rings (SSSR count). The lowest BCUT2D eigenvalue weighted by Crippen LogP contribution is -2.51. The van der Waals surface area contributed by atoms with Crippen LogP contribution in [0.3, 0.4) is 0 Å². The van der Waals surface area contributed by atoms with E-state index < -0.39 is 18.0 Å². The summed E-state index contributed by atoms with van der Waals surface area (Å²) in [5.41, 5.74) is 1.89. The Morgan fingerprint density at radius 2 is 1.78 bits per heavy atom. The molecular weight excluding hydrogens is 350 g/mol. The van der Waals surface area contributed by atoms with E-state index in [-0.39, 0.29) is 24.8 Å². The van der Waals surface area contributed by atoms with E-state index in [2.05, 4.69) is 16.0 Å². The van der Waals surface area contributed by atoms with E-state index >= 15 is 0 Å². The number of anilines is 1. The van der Waals surface area contributed by atoms with Crippen molar-refractivity contribution in [3.8, 4) is 0 Å². The van der Waals surface area contributed by atoms with Gasteiger partial charge in [0.15, 0.2) is 0 Å². The van der Waals surface area contributed by atoms with E-state index in [1.807, 2.05) is 36.1 Å². The van der Waals surface area contributed by atoms with Crippen LogP contribution in [0.2, 0.25) is 0 Å². The van der Waals surface area contributed by atoms with Crippen LogP contribution in [0.15, 0.2) is 24.3 Å². The number of imide groups is 1. The summed E-state index contributed by atoms with van der Waals surface area (Å²) < 4.78 is 0. The van der Waals surface area contributed by atoms with Crippen molar-refractivity contribution < 1.29 is 19.2 Å². The zero-order chi connectivity index (χ0) is 19.4. The quantitative estimate of drug-likeness (QED) is 0.613. The lowest BCUT2D eigenvalue weighted by Gasteiger charge is -2.34. The van der Waals surface area contributed by atoms with Crippen LogP contribution in [0.4, 0.5) is 10.5 Å². The van der Waals surface area contributed by atoms with Crippen molar-refractivity contribution in [2.75, 3.05) is 38.0 Å². The second kappa shape index (κ2) is 8.17. The van der Waals surface area contributed by atoms with Gasteiger partial charge >= 0.3 is 6.03 Å². The Balaban J connectivity index is 1.41. The minimum atomic E-state index is -0.802. The summed E-state index contributed by atoms with van der Waals surface area (Å²) in [6.45, 7) is 4.38. The first-order valence-corrected chi connectivity index (χ1v) is 8.89. The normalized spacial score (nSPS) is 20.2. The largest absolute Gasteiger partial charge is 0.340 e. The molecule has 9 heteroatoms. The van der Waals surface area contributed by atoms with Gasteiger partial charge in [0.25, 0.3) is 5.91 Å². The molecule has 0 aliphatic carbocycles. The molecule has 0 bridgehead atoms. The van der Waals surface area contributed by atoms with Crippen molar-refractivity contribution in [3.05, 3.63) is 29.8 Å². The van der Waals surface area contributed by atoms with E-state index in [0.29, 0.717) is 26.2 Å². The molecule has 1 aromatic rings. The predicted octanol–water partition coefficient (Wildman–Crippen LogP) is -0.324. The average molecular weight is 373 g/mol. The SMILES string of the molecule is Cc1ccc(NC(=O)CN2CCN(C(=O)C[C@@H]3NC(=O)NC3=O)CC2)cc1. The van der Waals surface area contributed by atoms with Crippen LogP contribution in [0.1, 0.15) is 12.0 Å². The second-order valence-corrected chi connectivity index (χ2v) is 6.79. The van der Waals surface area contributed by atoms with Gasteiger partial charge in [-0.15, -0.1) is 0 Å². The van der Waals surface area contributed by atoms with Gasteiger partial charge in [0.2, 0.25) is 11.8 Å². The Hall–Kier alpha value is -2.94. The topological polar surface area (TPSA) is 111 Å². The molecule has 144 valence electrons. The first kappa shape index (κ1) is 18.8. The Morgan fingerprint density at radius 3 is 2.37 bits per heavy atom. The number of nitrogens with one attached hydrogen (secondary N) is 3. The number of hydrogen-bond acceptors (Lipinski definition) is 5. The van der Waals surface area contributed by atoms with E-state index in [1.54, 1.807) is 4.90 Å². The van der Waals surface area contributed by atoms with Crippen LogP contribution in [0.25, 0.3) is 0 Å². The number of piperazine rings is 1. The maximum atomic E-state index is 12.3. The standard InChI is InChI=1S/C18H23N5O4/c1-12-2-4-13(5-3-12)19-15(24)11-22-6-8-23(9-7-22)16(25)10-14-17(26)21-18(27)20-14/h2-5,14H,6-11H2,1H3,(H,19,24)(H2,20,21,26,27)/t14-/m0/s1. The van der Waals surface area contributed by atoms with E-state index in [0.717, 1.165) is 11.3 Å². The van der Waals surface area contributed by atoms with E-state index in [4.69, 9.17) is 0 Å². The first-order valence-electron chi connectivity index (χ1n) is 8.89. The molecule has 0 saturated carbocycles. The lowest BCUT2D eigenvalue weighted by molar-refractivity contribution is -0.135. The monoisotopic (exact) mass is 373 g/mol. The highest BCUT2D eigenvalue weighted by atomic mass is 16.2. The lowest BCUT2D eigenvalue weighted by atomic mass is 10.1. The van der Waals surface area contributed by atoms with Crippen LogP contribution in [-0.4, -0.2) is 72.3 Å². The van der Waals surface area contributed by atoms with Crippen molar-refractivity contribution in [3.63, 3.8) is 0 Å². The molecule has 0 spiro atoms. The molecule has 1 aromatic carbocycles. The zero-order valence-electron chi connectivity index (χ0n) is 15.2. The zero-order valence-corrected chi connectivity index (χ0v) is 15.2. The molecule has 3 N–H and O–H groups in total. The summed E-state index contributed by atoms with van der Waals surface area (Å²) in [6, 6.07) is 6.23. The smallest absolute Gasteiger partial charge is 0.322 e. The number of hydrogen-bond donors (Lipinski definition) is 3. The van der Waals surface area contributed by atoms with Crippen molar-refractivity contribution in [1.82, 2.24) is 20.4 Å². The molecule has 5 amide bonds. The molecule has 1 atom stereocenters. The fraction of sp³-hybridized carbons (Fsp3) is 0.444. The van der Waals surface area contributed by atoms with Crippen LogP contribution < -0.4 is 16.0 Å². The van der Waals surface area contributed by atoms with Crippen LogP contribution >= 0.6 is 0 Å². The number of urea groups is 1. The summed E-state index contributed by atoms with van der Waals surface area (Å²) in [5, 5.41) is 7.40. The summed E-state index contributed by atoms with van der Waals surface area (Å²) in [5.74, 6) is -0.746. The molecule has 0 aromatic heterocycles. The van der Waals surface area contributed by atoms with Crippen molar-refractivity contribution in [2.45, 2.75) is 19.4 Å². The predicted molar refractivity (Wildman–Crippen MR) is 97.9 cm³/mol. The fourth-order valence-corrected chi connectivity index (χ4v) is 3.10. The first-order chi connectivity index (χ1) is 12.9. The molecule has 2 heterocycles. The number of benzene rings is 1. The summed E-state index contributed by atoms with van der Waals surface area (Å²) >= 11 is 0. The van der Waals surface area contributed by atoms with Gasteiger partial charge in [-0.05, 0) is 19.1 Å². The molecular formula is C18H23N5O4. The summed E-state index contributed by atoms with van der Waals surface area (Å²) in [6.07, 6.45) is -0.0501. The molecule has 9 nitrogen and oxygen atoms in total. The van der Waals surface area contributed by atoms with Crippen molar-refractivity contribution >= 4 is 29.4 Å². The summed E-state index contributed by atoms with van der Waals surface area (Å²) in [7, 11) is 0. The highest BCUT2D eigenvalue weighted by Gasteiger charge is 2.33. The molecule has 0 unspecified atom stereocenters. The minimum Gasteiger partial charge on any atom is -0.340 e. The fourth-order valence-electron chi connectivity index (χ4n) is 3.10. The Morgan fingerprint density at radius 1 is 1.11 bits per heavy atom. The molecule has 2 aliphatic rings. The number of aryl methyl sites for hydroxylation is 1. The third-order valence-corrected chi connectivity index (χ3v) is 4.66. The van der Waals surface area contributed by atoms with E-state index in [9.17, 15) is 19.2 Å². The van der Waals surface area contributed by atoms with Gasteiger partial charge in [-0.2, -0.15) is 0 Å². The third kappa shape index (κ3) is 5.04. The van der Waals surface area contributed by atoms with Crippen LogP contribution in [0, 0.1) is 6.92 Å². The second-order valence-electron chi connectivity index (χ2n) is 6.79. The van der Waals surface area contributed by atoms with Gasteiger partial charge in [0.05, 0.1) is 13.0 Å². The molecule has 2 fully saturated rings. The average Bonchev–Trinajstić information content (AvgIpc) is 2.94. The molecule has 2 saturated heterocycles. The van der Waals surface area contributed by atoms with Gasteiger partial charge in [-0.25, -0.2) is 4.79 Å². The minimum absolute atomic E-state index is 0.0501. The highest BCUT2D eigenvalue weighted by Crippen LogP contribution is 2.10. The molecule has 27 heavy (non-hydrogen) atoms. The maximum Gasteiger partial charge on any atom is 0.322 e. The molecule has 0 radical (unpaired) electrons. The Labute approximate surface area is 157 Å². The summed E-state index contributed by atoms with van der Waals surface area (Å²) in [4.78, 5) is 50.7. The Bertz CT molecular complexity index is 741.